The fourth-order valence-corrected chi connectivity index (χ4v) is 3.37. The van der Waals surface area contributed by atoms with Crippen molar-refractivity contribution in [1.82, 2.24) is 5.32 Å². The molecule has 0 radical (unpaired) electrons. The van der Waals surface area contributed by atoms with Crippen molar-refractivity contribution in [3.63, 3.8) is 0 Å². The fraction of sp³-hybridized carbons (Fsp3) is 0.647. The van der Waals surface area contributed by atoms with E-state index in [0.29, 0.717) is 24.6 Å². The first-order chi connectivity index (χ1) is 9.11. The number of hydrogen-bond acceptors (Lipinski definition) is 2. The highest BCUT2D eigenvalue weighted by molar-refractivity contribution is 5.32. The molecule has 1 aromatic carbocycles. The molecule has 3 atom stereocenters. The maximum atomic E-state index is 9.50. The minimum atomic E-state index is 0.317. The number of benzene rings is 1. The van der Waals surface area contributed by atoms with Gasteiger partial charge in [-0.3, -0.25) is 0 Å². The Morgan fingerprint density at radius 1 is 1.26 bits per heavy atom. The van der Waals surface area contributed by atoms with Crippen LogP contribution in [0.15, 0.2) is 18.2 Å². The van der Waals surface area contributed by atoms with Crippen molar-refractivity contribution in [2.45, 2.75) is 58.5 Å². The molecule has 1 aromatic rings. The lowest BCUT2D eigenvalue weighted by Crippen LogP contribution is -2.41. The number of aliphatic hydroxyl groups is 1. The molecule has 1 aliphatic rings. The second kappa shape index (κ2) is 6.53. The molecule has 0 saturated heterocycles. The highest BCUT2D eigenvalue weighted by Crippen LogP contribution is 2.27. The maximum absolute atomic E-state index is 9.50. The van der Waals surface area contributed by atoms with E-state index in [9.17, 15) is 5.11 Å². The Hall–Kier alpha value is -0.860. The van der Waals surface area contributed by atoms with Gasteiger partial charge < -0.3 is 10.4 Å². The van der Waals surface area contributed by atoms with E-state index in [1.165, 1.54) is 36.0 Å². The van der Waals surface area contributed by atoms with Crippen LogP contribution >= 0.6 is 0 Å². The van der Waals surface area contributed by atoms with Gasteiger partial charge in [0.2, 0.25) is 0 Å². The maximum Gasteiger partial charge on any atom is 0.0474 e. The number of rotatable bonds is 4. The SMILES string of the molecule is Cc1ccc(C(C)NC2CCCCC2CO)c(C)c1. The summed E-state index contributed by atoms with van der Waals surface area (Å²) in [7, 11) is 0. The fourth-order valence-electron chi connectivity index (χ4n) is 3.37. The number of aliphatic hydroxyl groups excluding tert-OH is 1. The molecule has 1 fully saturated rings. The molecule has 2 N–H and O–H groups in total. The van der Waals surface area contributed by atoms with Gasteiger partial charge in [0.05, 0.1) is 0 Å². The highest BCUT2D eigenvalue weighted by Gasteiger charge is 2.25. The molecule has 2 nitrogen and oxygen atoms in total. The van der Waals surface area contributed by atoms with Gasteiger partial charge in [-0.1, -0.05) is 36.6 Å². The molecule has 2 rings (SSSR count). The zero-order valence-corrected chi connectivity index (χ0v) is 12.4. The van der Waals surface area contributed by atoms with Crippen molar-refractivity contribution in [2.24, 2.45) is 5.92 Å². The summed E-state index contributed by atoms with van der Waals surface area (Å²) in [5.41, 5.74) is 4.06. The Bertz CT molecular complexity index is 416. The molecule has 19 heavy (non-hydrogen) atoms. The van der Waals surface area contributed by atoms with Crippen LogP contribution in [0.1, 0.15) is 55.3 Å². The lowest BCUT2D eigenvalue weighted by Gasteiger charge is -2.33. The summed E-state index contributed by atoms with van der Waals surface area (Å²) >= 11 is 0. The van der Waals surface area contributed by atoms with Crippen LogP contribution in [0.5, 0.6) is 0 Å². The third kappa shape index (κ3) is 3.58. The quantitative estimate of drug-likeness (QED) is 0.869. The molecule has 106 valence electrons. The number of aryl methyl sites for hydroxylation is 2. The third-order valence-electron chi connectivity index (χ3n) is 4.50. The monoisotopic (exact) mass is 261 g/mol. The van der Waals surface area contributed by atoms with Crippen LogP contribution in [-0.4, -0.2) is 17.8 Å². The van der Waals surface area contributed by atoms with Crippen LogP contribution in [0, 0.1) is 19.8 Å². The Kier molecular flexibility index (Phi) is 5.00. The summed E-state index contributed by atoms with van der Waals surface area (Å²) < 4.78 is 0. The van der Waals surface area contributed by atoms with Gasteiger partial charge in [0.1, 0.15) is 0 Å². The van der Waals surface area contributed by atoms with Gasteiger partial charge >= 0.3 is 0 Å². The van der Waals surface area contributed by atoms with Gasteiger partial charge in [-0.2, -0.15) is 0 Å². The summed E-state index contributed by atoms with van der Waals surface area (Å²) in [6, 6.07) is 7.49. The van der Waals surface area contributed by atoms with Crippen molar-refractivity contribution in [3.05, 3.63) is 34.9 Å². The second-order valence-electron chi connectivity index (χ2n) is 6.08. The topological polar surface area (TPSA) is 32.3 Å². The molecule has 1 saturated carbocycles. The lowest BCUT2D eigenvalue weighted by atomic mass is 9.84. The minimum Gasteiger partial charge on any atom is -0.396 e. The molecule has 0 aromatic heterocycles. The predicted octanol–water partition coefficient (Wildman–Crippen LogP) is 3.51. The average Bonchev–Trinajstić information content (AvgIpc) is 2.39. The molecule has 3 unspecified atom stereocenters. The van der Waals surface area contributed by atoms with E-state index in [1.807, 2.05) is 0 Å². The van der Waals surface area contributed by atoms with Gasteiger partial charge in [-0.25, -0.2) is 0 Å². The van der Waals surface area contributed by atoms with Crippen LogP contribution in [0.3, 0.4) is 0 Å². The Morgan fingerprint density at radius 2 is 2.00 bits per heavy atom. The first-order valence-corrected chi connectivity index (χ1v) is 7.56. The number of nitrogens with one attached hydrogen (secondary N) is 1. The molecule has 0 amide bonds. The van der Waals surface area contributed by atoms with E-state index >= 15 is 0 Å². The molecular weight excluding hydrogens is 234 g/mol. The van der Waals surface area contributed by atoms with Crippen LogP contribution in [0.25, 0.3) is 0 Å². The molecule has 0 aliphatic heterocycles. The van der Waals surface area contributed by atoms with E-state index in [4.69, 9.17) is 0 Å². The third-order valence-corrected chi connectivity index (χ3v) is 4.50. The molecule has 0 bridgehead atoms. The Labute approximate surface area is 117 Å². The van der Waals surface area contributed by atoms with E-state index in [0.717, 1.165) is 6.42 Å². The normalized spacial score (nSPS) is 25.3. The smallest absolute Gasteiger partial charge is 0.0474 e. The van der Waals surface area contributed by atoms with Crippen LogP contribution in [0.4, 0.5) is 0 Å². The molecule has 0 heterocycles. The van der Waals surface area contributed by atoms with Gasteiger partial charge in [0, 0.05) is 18.7 Å². The van der Waals surface area contributed by atoms with Gasteiger partial charge in [0.15, 0.2) is 0 Å². The van der Waals surface area contributed by atoms with Gasteiger partial charge in [-0.15, -0.1) is 0 Å². The van der Waals surface area contributed by atoms with Gasteiger partial charge in [-0.05, 0) is 50.7 Å². The van der Waals surface area contributed by atoms with E-state index < -0.39 is 0 Å². The van der Waals surface area contributed by atoms with E-state index in [1.54, 1.807) is 0 Å². The summed E-state index contributed by atoms with van der Waals surface area (Å²) in [5, 5.41) is 13.2. The number of hydrogen-bond donors (Lipinski definition) is 2. The largest absolute Gasteiger partial charge is 0.396 e. The van der Waals surface area contributed by atoms with Crippen molar-refractivity contribution in [3.8, 4) is 0 Å². The van der Waals surface area contributed by atoms with Crippen LogP contribution < -0.4 is 5.32 Å². The van der Waals surface area contributed by atoms with E-state index in [-0.39, 0.29) is 0 Å². The average molecular weight is 261 g/mol. The summed E-state index contributed by atoms with van der Waals surface area (Å²) in [6.07, 6.45) is 4.91. The first-order valence-electron chi connectivity index (χ1n) is 7.56. The summed E-state index contributed by atoms with van der Waals surface area (Å²) in [6.45, 7) is 6.88. The van der Waals surface area contributed by atoms with Crippen molar-refractivity contribution >= 4 is 0 Å². The second-order valence-corrected chi connectivity index (χ2v) is 6.08. The summed E-state index contributed by atoms with van der Waals surface area (Å²) in [5.74, 6) is 0.432. The van der Waals surface area contributed by atoms with Crippen molar-refractivity contribution < 1.29 is 5.11 Å². The lowest BCUT2D eigenvalue weighted by molar-refractivity contribution is 0.147. The van der Waals surface area contributed by atoms with Gasteiger partial charge in [0.25, 0.3) is 0 Å². The Balaban J connectivity index is 2.05. The highest BCUT2D eigenvalue weighted by atomic mass is 16.3. The molecule has 1 aliphatic carbocycles. The summed E-state index contributed by atoms with van der Waals surface area (Å²) in [4.78, 5) is 0. The zero-order valence-electron chi connectivity index (χ0n) is 12.4. The first kappa shape index (κ1) is 14.5. The Morgan fingerprint density at radius 3 is 2.68 bits per heavy atom. The van der Waals surface area contributed by atoms with Crippen LogP contribution in [0.2, 0.25) is 0 Å². The van der Waals surface area contributed by atoms with E-state index in [2.05, 4.69) is 44.3 Å². The predicted molar refractivity (Wildman–Crippen MR) is 80.3 cm³/mol. The zero-order chi connectivity index (χ0) is 13.8. The minimum absolute atomic E-state index is 0.317. The molecule has 2 heteroatoms. The van der Waals surface area contributed by atoms with Crippen molar-refractivity contribution in [2.75, 3.05) is 6.61 Å². The molecular formula is C17H27NO. The van der Waals surface area contributed by atoms with Crippen LogP contribution in [-0.2, 0) is 0 Å². The van der Waals surface area contributed by atoms with Crippen molar-refractivity contribution in [1.29, 1.82) is 0 Å². The standard InChI is InChI=1S/C17H27NO/c1-12-8-9-16(13(2)10-12)14(3)18-17-7-5-4-6-15(17)11-19/h8-10,14-15,17-19H,4-7,11H2,1-3H3. The molecule has 0 spiro atoms.